The van der Waals surface area contributed by atoms with Gasteiger partial charge in [-0.05, 0) is 56.0 Å². The van der Waals surface area contributed by atoms with Gasteiger partial charge in [-0.25, -0.2) is 0 Å². The normalized spacial score (nSPS) is 17.1. The molecule has 0 saturated heterocycles. The highest BCUT2D eigenvalue weighted by atomic mass is 79.9. The Kier molecular flexibility index (Phi) is 5.19. The number of aliphatic hydroxyl groups is 1. The van der Waals surface area contributed by atoms with Crippen molar-refractivity contribution in [1.29, 1.82) is 0 Å². The Labute approximate surface area is 111 Å². The van der Waals surface area contributed by atoms with Gasteiger partial charge in [0.2, 0.25) is 0 Å². The second kappa shape index (κ2) is 6.00. The van der Waals surface area contributed by atoms with Gasteiger partial charge in [0.1, 0.15) is 5.76 Å². The van der Waals surface area contributed by atoms with Gasteiger partial charge in [0.05, 0.1) is 11.6 Å². The molecule has 0 bridgehead atoms. The predicted molar refractivity (Wildman–Crippen MR) is 72.0 cm³/mol. The molecule has 0 aromatic carbocycles. The van der Waals surface area contributed by atoms with Crippen LogP contribution in [-0.4, -0.2) is 42.8 Å². The van der Waals surface area contributed by atoms with Crippen LogP contribution in [0.3, 0.4) is 0 Å². The van der Waals surface area contributed by atoms with E-state index in [0.717, 1.165) is 10.4 Å². The van der Waals surface area contributed by atoms with Crippen LogP contribution in [0, 0.1) is 0 Å². The molecule has 4 nitrogen and oxygen atoms in total. The molecule has 0 radical (unpaired) electrons. The summed E-state index contributed by atoms with van der Waals surface area (Å²) >= 11 is 3.27. The van der Waals surface area contributed by atoms with Crippen LogP contribution < -0.4 is 5.32 Å². The van der Waals surface area contributed by atoms with Crippen LogP contribution in [0.4, 0.5) is 0 Å². The molecular formula is C12H21BrN2O2. The first kappa shape index (κ1) is 14.7. The number of likely N-dealkylation sites (N-methyl/N-ethyl adjacent to an activating group) is 1. The van der Waals surface area contributed by atoms with Crippen LogP contribution in [0.5, 0.6) is 0 Å². The van der Waals surface area contributed by atoms with E-state index in [1.165, 1.54) is 0 Å². The Hall–Kier alpha value is -0.360. The molecule has 0 aliphatic rings. The van der Waals surface area contributed by atoms with Gasteiger partial charge in [-0.15, -0.1) is 0 Å². The first-order valence-electron chi connectivity index (χ1n) is 5.66. The van der Waals surface area contributed by atoms with Crippen LogP contribution in [0.2, 0.25) is 0 Å². The Bertz CT molecular complexity index is 350. The SMILES string of the molecule is CC(NCC(C)(O)CN(C)C)c1ccc(Br)o1. The lowest BCUT2D eigenvalue weighted by Gasteiger charge is -2.28. The smallest absolute Gasteiger partial charge is 0.169 e. The summed E-state index contributed by atoms with van der Waals surface area (Å²) < 4.78 is 6.18. The molecule has 0 aliphatic heterocycles. The van der Waals surface area contributed by atoms with Gasteiger partial charge in [0.15, 0.2) is 4.67 Å². The number of furan rings is 1. The average molecular weight is 305 g/mol. The van der Waals surface area contributed by atoms with Crippen LogP contribution in [-0.2, 0) is 0 Å². The van der Waals surface area contributed by atoms with E-state index in [1.54, 1.807) is 0 Å². The standard InChI is InChI=1S/C12H21BrN2O2/c1-9(10-5-6-11(13)17-10)14-7-12(2,16)8-15(3)4/h5-6,9,14,16H,7-8H2,1-4H3. The summed E-state index contributed by atoms with van der Waals surface area (Å²) in [5, 5.41) is 13.4. The minimum atomic E-state index is -0.748. The first-order valence-corrected chi connectivity index (χ1v) is 6.45. The number of rotatable bonds is 6. The summed E-state index contributed by atoms with van der Waals surface area (Å²) in [5.41, 5.74) is -0.748. The molecule has 17 heavy (non-hydrogen) atoms. The molecule has 0 fully saturated rings. The highest BCUT2D eigenvalue weighted by Crippen LogP contribution is 2.20. The van der Waals surface area contributed by atoms with Gasteiger partial charge in [-0.2, -0.15) is 0 Å². The van der Waals surface area contributed by atoms with Crippen LogP contribution in [0.25, 0.3) is 0 Å². The third-order valence-electron chi connectivity index (χ3n) is 2.47. The van der Waals surface area contributed by atoms with Crippen molar-refractivity contribution in [2.45, 2.75) is 25.5 Å². The van der Waals surface area contributed by atoms with Gasteiger partial charge in [0, 0.05) is 13.1 Å². The molecule has 2 atom stereocenters. The lowest BCUT2D eigenvalue weighted by atomic mass is 10.1. The maximum atomic E-state index is 10.1. The van der Waals surface area contributed by atoms with Crippen molar-refractivity contribution in [2.75, 3.05) is 27.2 Å². The van der Waals surface area contributed by atoms with E-state index in [9.17, 15) is 5.11 Å². The average Bonchev–Trinajstić information content (AvgIpc) is 2.59. The maximum Gasteiger partial charge on any atom is 0.169 e. The lowest BCUT2D eigenvalue weighted by Crippen LogP contribution is -2.46. The molecule has 1 aromatic heterocycles. The molecule has 1 rings (SSSR count). The van der Waals surface area contributed by atoms with E-state index >= 15 is 0 Å². The minimum absolute atomic E-state index is 0.0786. The van der Waals surface area contributed by atoms with Crippen LogP contribution in [0.15, 0.2) is 21.2 Å². The van der Waals surface area contributed by atoms with Crippen molar-refractivity contribution in [3.05, 3.63) is 22.6 Å². The molecule has 0 saturated carbocycles. The van der Waals surface area contributed by atoms with E-state index in [0.29, 0.717) is 13.1 Å². The summed E-state index contributed by atoms with van der Waals surface area (Å²) in [4.78, 5) is 1.97. The van der Waals surface area contributed by atoms with Gasteiger partial charge < -0.3 is 19.7 Å². The Morgan fingerprint density at radius 2 is 2.18 bits per heavy atom. The largest absolute Gasteiger partial charge is 0.453 e. The van der Waals surface area contributed by atoms with E-state index in [2.05, 4.69) is 21.2 Å². The fraction of sp³-hybridized carbons (Fsp3) is 0.667. The van der Waals surface area contributed by atoms with Gasteiger partial charge >= 0.3 is 0 Å². The third-order valence-corrected chi connectivity index (χ3v) is 2.89. The predicted octanol–water partition coefficient (Wildman–Crippen LogP) is 2.01. The zero-order valence-corrected chi connectivity index (χ0v) is 12.4. The van der Waals surface area contributed by atoms with E-state index in [-0.39, 0.29) is 6.04 Å². The highest BCUT2D eigenvalue weighted by Gasteiger charge is 2.22. The number of hydrogen-bond donors (Lipinski definition) is 2. The quantitative estimate of drug-likeness (QED) is 0.844. The minimum Gasteiger partial charge on any atom is -0.453 e. The van der Waals surface area contributed by atoms with Gasteiger partial charge in [-0.1, -0.05) is 0 Å². The molecule has 1 aromatic rings. The van der Waals surface area contributed by atoms with Crippen molar-refractivity contribution in [3.63, 3.8) is 0 Å². The Balaban J connectivity index is 2.45. The monoisotopic (exact) mass is 304 g/mol. The summed E-state index contributed by atoms with van der Waals surface area (Å²) in [6.07, 6.45) is 0. The molecule has 0 aliphatic carbocycles. The molecule has 2 N–H and O–H groups in total. The van der Waals surface area contributed by atoms with Crippen molar-refractivity contribution >= 4 is 15.9 Å². The second-order valence-electron chi connectivity index (χ2n) is 4.98. The fourth-order valence-corrected chi connectivity index (χ4v) is 2.09. The number of nitrogens with one attached hydrogen (secondary N) is 1. The van der Waals surface area contributed by atoms with E-state index in [1.807, 2.05) is 45.0 Å². The molecule has 2 unspecified atom stereocenters. The molecule has 5 heteroatoms. The zero-order valence-electron chi connectivity index (χ0n) is 10.8. The summed E-state index contributed by atoms with van der Waals surface area (Å²) in [5.74, 6) is 0.859. The maximum absolute atomic E-state index is 10.1. The molecule has 1 heterocycles. The van der Waals surface area contributed by atoms with Crippen molar-refractivity contribution in [2.24, 2.45) is 0 Å². The van der Waals surface area contributed by atoms with Gasteiger partial charge in [-0.3, -0.25) is 0 Å². The number of hydrogen-bond acceptors (Lipinski definition) is 4. The molecule has 0 amide bonds. The van der Waals surface area contributed by atoms with E-state index in [4.69, 9.17) is 4.42 Å². The summed E-state index contributed by atoms with van der Waals surface area (Å²) in [7, 11) is 3.89. The molecule has 98 valence electrons. The third kappa shape index (κ3) is 5.21. The number of nitrogens with zero attached hydrogens (tertiary/aromatic N) is 1. The summed E-state index contributed by atoms with van der Waals surface area (Å²) in [6, 6.07) is 3.86. The topological polar surface area (TPSA) is 48.6 Å². The lowest BCUT2D eigenvalue weighted by molar-refractivity contribution is 0.0312. The zero-order chi connectivity index (χ0) is 13.1. The Morgan fingerprint density at radius 3 is 2.65 bits per heavy atom. The molecular weight excluding hydrogens is 284 g/mol. The first-order chi connectivity index (χ1) is 7.80. The highest BCUT2D eigenvalue weighted by molar-refractivity contribution is 9.10. The fourth-order valence-electron chi connectivity index (χ4n) is 1.77. The second-order valence-corrected chi connectivity index (χ2v) is 5.76. The van der Waals surface area contributed by atoms with Gasteiger partial charge in [0.25, 0.3) is 0 Å². The van der Waals surface area contributed by atoms with Crippen LogP contribution >= 0.6 is 15.9 Å². The molecule has 0 spiro atoms. The van der Waals surface area contributed by atoms with Crippen LogP contribution in [0.1, 0.15) is 25.6 Å². The van der Waals surface area contributed by atoms with E-state index < -0.39 is 5.60 Å². The van der Waals surface area contributed by atoms with Crippen molar-refractivity contribution in [1.82, 2.24) is 10.2 Å². The number of halogens is 1. The Morgan fingerprint density at radius 1 is 1.53 bits per heavy atom. The van der Waals surface area contributed by atoms with Crippen molar-refractivity contribution < 1.29 is 9.52 Å². The van der Waals surface area contributed by atoms with Crippen molar-refractivity contribution in [3.8, 4) is 0 Å². The summed E-state index contributed by atoms with van der Waals surface area (Å²) in [6.45, 7) is 4.97.